The van der Waals surface area contributed by atoms with E-state index in [0.29, 0.717) is 18.1 Å². The minimum atomic E-state index is -1.08. The van der Waals surface area contributed by atoms with Crippen molar-refractivity contribution < 1.29 is 28.9 Å². The van der Waals surface area contributed by atoms with Crippen molar-refractivity contribution in [3.05, 3.63) is 23.5 Å². The summed E-state index contributed by atoms with van der Waals surface area (Å²) in [6.07, 6.45) is 5.75. The van der Waals surface area contributed by atoms with E-state index in [-0.39, 0.29) is 12.2 Å². The van der Waals surface area contributed by atoms with Gasteiger partial charge < -0.3 is 20.3 Å². The zero-order valence-corrected chi connectivity index (χ0v) is 15.8. The molecule has 7 nitrogen and oxygen atoms in total. The molecule has 2 atom stereocenters. The Hall–Kier alpha value is -2.64. The summed E-state index contributed by atoms with van der Waals surface area (Å²) < 4.78 is 20.0. The maximum absolute atomic E-state index is 14.5. The van der Waals surface area contributed by atoms with E-state index in [9.17, 15) is 24.2 Å². The number of aliphatic imine (C=N–C) groups is 1. The van der Waals surface area contributed by atoms with E-state index in [0.717, 1.165) is 37.8 Å². The summed E-state index contributed by atoms with van der Waals surface area (Å²) in [5, 5.41) is 21.7. The number of amides is 2. The predicted octanol–water partition coefficient (Wildman–Crippen LogP) is 3.59. The van der Waals surface area contributed by atoms with E-state index in [1.807, 2.05) is 0 Å². The molecule has 0 aromatic heterocycles. The Balaban J connectivity index is 1.86. The Bertz CT molecular complexity index is 789. The molecule has 0 radical (unpaired) electrons. The fourth-order valence-electron chi connectivity index (χ4n) is 3.92. The second kappa shape index (κ2) is 8.58. The molecular weight excluding hydrogens is 367 g/mol. The first kappa shape index (κ1) is 20.1. The van der Waals surface area contributed by atoms with Crippen LogP contribution in [0.15, 0.2) is 17.1 Å². The number of phenolic OH excluding ortho intramolecular Hbond substituents is 2. The molecular formula is C20H25FN2O5. The van der Waals surface area contributed by atoms with Crippen LogP contribution in [0.25, 0.3) is 0 Å². The zero-order valence-electron chi connectivity index (χ0n) is 15.8. The molecule has 1 heterocycles. The third-order valence-electron chi connectivity index (χ3n) is 5.45. The number of hydrogen-bond donors (Lipinski definition) is 3. The third kappa shape index (κ3) is 4.26. The van der Waals surface area contributed by atoms with Crippen molar-refractivity contribution in [1.82, 2.24) is 5.32 Å². The maximum Gasteiger partial charge on any atom is 0.341 e. The Kier molecular flexibility index (Phi) is 6.16. The third-order valence-corrected chi connectivity index (χ3v) is 5.45. The van der Waals surface area contributed by atoms with Crippen molar-refractivity contribution in [2.75, 3.05) is 6.61 Å². The largest absolute Gasteiger partial charge is 0.504 e. The highest BCUT2D eigenvalue weighted by molar-refractivity contribution is 6.09. The fraction of sp³-hybridized carbons (Fsp3) is 0.550. The molecule has 0 spiro atoms. The molecule has 3 N–H and O–H groups in total. The minimum absolute atomic E-state index is 0.107. The number of aromatic hydroxyl groups is 2. The van der Waals surface area contributed by atoms with Crippen molar-refractivity contribution in [3.63, 3.8) is 0 Å². The van der Waals surface area contributed by atoms with Crippen molar-refractivity contribution in [1.29, 1.82) is 0 Å². The lowest BCUT2D eigenvalue weighted by Crippen LogP contribution is -2.45. The fourth-order valence-corrected chi connectivity index (χ4v) is 3.92. The maximum atomic E-state index is 14.5. The number of carbonyl (C=O) groups is 2. The molecule has 152 valence electrons. The smallest absolute Gasteiger partial charge is 0.341 e. The van der Waals surface area contributed by atoms with Crippen molar-refractivity contribution in [2.24, 2.45) is 16.8 Å². The highest BCUT2D eigenvalue weighted by Gasteiger charge is 2.40. The number of hydrogen-bond acceptors (Lipinski definition) is 5. The van der Waals surface area contributed by atoms with E-state index in [1.54, 1.807) is 6.92 Å². The second-order valence-electron chi connectivity index (χ2n) is 7.36. The highest BCUT2D eigenvalue weighted by Crippen LogP contribution is 2.36. The van der Waals surface area contributed by atoms with Gasteiger partial charge >= 0.3 is 12.0 Å². The number of nitrogens with zero attached hydrogens (tertiary/aromatic N) is 1. The van der Waals surface area contributed by atoms with E-state index < -0.39 is 41.3 Å². The average molecular weight is 392 g/mol. The molecule has 1 aliphatic carbocycles. The SMILES string of the molecule is CCC1=NC(=O)NC(c2cc(O)c(O)cc2F)C1C(=O)OCC1CCCCC1. The van der Waals surface area contributed by atoms with Gasteiger partial charge in [-0.1, -0.05) is 26.2 Å². The molecule has 2 unspecified atom stereocenters. The lowest BCUT2D eigenvalue weighted by molar-refractivity contribution is -0.148. The first-order valence-electron chi connectivity index (χ1n) is 9.66. The standard InChI is InChI=1S/C20H25FN2O5/c1-2-14-17(19(26)28-10-11-6-4-3-5-7-11)18(23-20(27)22-14)12-8-15(24)16(25)9-13(12)21/h8-9,11,17-18,24-25H,2-7,10H2,1H3,(H,23,27). The summed E-state index contributed by atoms with van der Waals surface area (Å²) >= 11 is 0. The number of ether oxygens (including phenoxy) is 1. The minimum Gasteiger partial charge on any atom is -0.504 e. The number of rotatable bonds is 5. The van der Waals surface area contributed by atoms with Crippen LogP contribution in [-0.2, 0) is 9.53 Å². The number of carbonyl (C=O) groups excluding carboxylic acids is 2. The van der Waals surface area contributed by atoms with Gasteiger partial charge in [0.05, 0.1) is 12.6 Å². The van der Waals surface area contributed by atoms with E-state index in [4.69, 9.17) is 4.74 Å². The van der Waals surface area contributed by atoms with Crippen LogP contribution in [0.5, 0.6) is 11.5 Å². The quantitative estimate of drug-likeness (QED) is 0.524. The van der Waals surface area contributed by atoms with Gasteiger partial charge in [-0.05, 0) is 31.2 Å². The van der Waals surface area contributed by atoms with E-state index in [1.165, 1.54) is 6.42 Å². The van der Waals surface area contributed by atoms with Crippen LogP contribution in [0.2, 0.25) is 0 Å². The van der Waals surface area contributed by atoms with Gasteiger partial charge in [0.1, 0.15) is 11.7 Å². The number of urea groups is 1. The molecule has 2 amide bonds. The van der Waals surface area contributed by atoms with Gasteiger partial charge in [0.2, 0.25) is 0 Å². The van der Waals surface area contributed by atoms with Gasteiger partial charge in [-0.2, -0.15) is 0 Å². The predicted molar refractivity (Wildman–Crippen MR) is 99.8 cm³/mol. The van der Waals surface area contributed by atoms with Crippen LogP contribution >= 0.6 is 0 Å². The van der Waals surface area contributed by atoms with Crippen molar-refractivity contribution in [2.45, 2.75) is 51.5 Å². The molecule has 2 aliphatic rings. The molecule has 1 aromatic rings. The van der Waals surface area contributed by atoms with Crippen molar-refractivity contribution in [3.8, 4) is 11.5 Å². The number of esters is 1. The van der Waals surface area contributed by atoms with Crippen LogP contribution in [-0.4, -0.2) is 34.5 Å². The van der Waals surface area contributed by atoms with Crippen LogP contribution < -0.4 is 5.32 Å². The molecule has 0 saturated heterocycles. The zero-order chi connectivity index (χ0) is 20.3. The summed E-state index contributed by atoms with van der Waals surface area (Å²) in [5.74, 6) is -3.27. The average Bonchev–Trinajstić information content (AvgIpc) is 2.69. The summed E-state index contributed by atoms with van der Waals surface area (Å²) in [7, 11) is 0. The number of phenols is 2. The molecule has 1 saturated carbocycles. The van der Waals surface area contributed by atoms with Gasteiger partial charge in [0, 0.05) is 17.3 Å². The highest BCUT2D eigenvalue weighted by atomic mass is 19.1. The van der Waals surface area contributed by atoms with Gasteiger partial charge in [0.15, 0.2) is 11.5 Å². The summed E-state index contributed by atoms with van der Waals surface area (Å²) in [5.41, 5.74) is 0.193. The molecule has 1 aromatic carbocycles. The normalized spacial score (nSPS) is 23.1. The Morgan fingerprint density at radius 1 is 1.25 bits per heavy atom. The van der Waals surface area contributed by atoms with Gasteiger partial charge in [-0.3, -0.25) is 4.79 Å². The summed E-state index contributed by atoms with van der Waals surface area (Å²) in [4.78, 5) is 28.7. The second-order valence-corrected chi connectivity index (χ2v) is 7.36. The van der Waals surface area contributed by atoms with E-state index >= 15 is 0 Å². The van der Waals surface area contributed by atoms with Crippen LogP contribution in [0, 0.1) is 17.7 Å². The van der Waals surface area contributed by atoms with Gasteiger partial charge in [-0.25, -0.2) is 14.2 Å². The first-order valence-corrected chi connectivity index (χ1v) is 9.66. The molecule has 3 rings (SSSR count). The van der Waals surface area contributed by atoms with Crippen LogP contribution in [0.1, 0.15) is 57.1 Å². The number of benzene rings is 1. The molecule has 1 aliphatic heterocycles. The lowest BCUT2D eigenvalue weighted by atomic mass is 9.86. The Morgan fingerprint density at radius 2 is 1.93 bits per heavy atom. The van der Waals surface area contributed by atoms with Gasteiger partial charge in [-0.15, -0.1) is 0 Å². The summed E-state index contributed by atoms with van der Waals surface area (Å²) in [6.45, 7) is 2.04. The molecule has 0 bridgehead atoms. The van der Waals surface area contributed by atoms with Crippen molar-refractivity contribution >= 4 is 17.7 Å². The van der Waals surface area contributed by atoms with Crippen LogP contribution in [0.3, 0.4) is 0 Å². The molecule has 28 heavy (non-hydrogen) atoms. The van der Waals surface area contributed by atoms with E-state index in [2.05, 4.69) is 10.3 Å². The van der Waals surface area contributed by atoms with Crippen LogP contribution in [0.4, 0.5) is 9.18 Å². The Morgan fingerprint density at radius 3 is 2.61 bits per heavy atom. The van der Waals surface area contributed by atoms with Gasteiger partial charge in [0.25, 0.3) is 0 Å². The first-order chi connectivity index (χ1) is 13.4. The summed E-state index contributed by atoms with van der Waals surface area (Å²) in [6, 6.07) is -0.00993. The number of halogens is 1. The lowest BCUT2D eigenvalue weighted by Gasteiger charge is -2.31. The molecule has 1 fully saturated rings. The molecule has 8 heteroatoms. The monoisotopic (exact) mass is 392 g/mol. The Labute approximate surface area is 162 Å². The number of nitrogens with one attached hydrogen (secondary N) is 1. The topological polar surface area (TPSA) is 108 Å².